The predicted octanol–water partition coefficient (Wildman–Crippen LogP) is 5.09. The molecular weight excluding hydrogens is 387 g/mol. The molecule has 0 atom stereocenters. The number of aromatic carboxylic acids is 1. The van der Waals surface area contributed by atoms with Crippen LogP contribution in [0.1, 0.15) is 21.7 Å². The van der Waals surface area contributed by atoms with Gasteiger partial charge in [-0.1, -0.05) is 6.07 Å². The molecule has 1 N–H and O–H groups in total. The van der Waals surface area contributed by atoms with E-state index in [0.29, 0.717) is 28.6 Å². The van der Waals surface area contributed by atoms with Gasteiger partial charge in [0, 0.05) is 13.1 Å². The summed E-state index contributed by atoms with van der Waals surface area (Å²) in [5.41, 5.74) is 2.50. The van der Waals surface area contributed by atoms with E-state index >= 15 is 0 Å². The Hall–Kier alpha value is -3.87. The molecule has 6 nitrogen and oxygen atoms in total. The molecule has 0 aliphatic rings. The Morgan fingerprint density at radius 2 is 1.93 bits per heavy atom. The van der Waals surface area contributed by atoms with Gasteiger partial charge in [0.1, 0.15) is 35.5 Å². The van der Waals surface area contributed by atoms with E-state index in [9.17, 15) is 9.18 Å². The number of rotatable bonds is 6. The Labute approximate surface area is 172 Å². The topological polar surface area (TPSA) is 73.6 Å². The molecule has 0 spiro atoms. The molecule has 7 heteroatoms. The normalized spacial score (nSPS) is 10.9. The molecule has 0 saturated heterocycles. The minimum absolute atomic E-state index is 0.162. The molecule has 0 aliphatic carbocycles. The number of ether oxygens (including phenoxy) is 2. The molecule has 1 aromatic heterocycles. The zero-order valence-corrected chi connectivity index (χ0v) is 16.4. The van der Waals surface area contributed by atoms with Crippen LogP contribution >= 0.6 is 0 Å². The van der Waals surface area contributed by atoms with Crippen molar-refractivity contribution >= 4 is 17.0 Å². The number of imidazole rings is 1. The van der Waals surface area contributed by atoms with Crippen molar-refractivity contribution in [3.63, 3.8) is 0 Å². The van der Waals surface area contributed by atoms with Crippen molar-refractivity contribution in [2.24, 2.45) is 7.05 Å². The molecular formula is C23H19FN2O4. The van der Waals surface area contributed by atoms with Gasteiger partial charge in [0.25, 0.3) is 0 Å². The van der Waals surface area contributed by atoms with E-state index in [2.05, 4.69) is 4.98 Å². The number of aromatic nitrogens is 2. The lowest BCUT2D eigenvalue weighted by atomic mass is 10.2. The molecule has 0 fully saturated rings. The Kier molecular flexibility index (Phi) is 5.10. The number of fused-ring (bicyclic) bond motifs is 1. The maximum Gasteiger partial charge on any atom is 0.335 e. The largest absolute Gasteiger partial charge is 0.486 e. The molecule has 30 heavy (non-hydrogen) atoms. The molecule has 0 unspecified atom stereocenters. The second-order valence-electron chi connectivity index (χ2n) is 6.87. The first-order valence-corrected chi connectivity index (χ1v) is 9.26. The highest BCUT2D eigenvalue weighted by Gasteiger charge is 2.12. The van der Waals surface area contributed by atoms with Gasteiger partial charge >= 0.3 is 5.97 Å². The Morgan fingerprint density at radius 3 is 2.70 bits per heavy atom. The molecule has 4 aromatic rings. The fraction of sp³-hybridized carbons (Fsp3) is 0.130. The predicted molar refractivity (Wildman–Crippen MR) is 110 cm³/mol. The van der Waals surface area contributed by atoms with Crippen LogP contribution in [0.4, 0.5) is 4.39 Å². The highest BCUT2D eigenvalue weighted by atomic mass is 19.1. The number of aryl methyl sites for hydroxylation is 2. The number of hydrogen-bond donors (Lipinski definition) is 1. The molecule has 0 amide bonds. The maximum absolute atomic E-state index is 13.3. The molecule has 152 valence electrons. The minimum Gasteiger partial charge on any atom is -0.486 e. The quantitative estimate of drug-likeness (QED) is 0.483. The van der Waals surface area contributed by atoms with Crippen LogP contribution in [0, 0.1) is 12.7 Å². The van der Waals surface area contributed by atoms with Crippen molar-refractivity contribution in [2.45, 2.75) is 13.5 Å². The van der Waals surface area contributed by atoms with Gasteiger partial charge in [-0.25, -0.2) is 14.2 Å². The standard InChI is InChI=1S/C23H19FN2O4/c1-14-10-16(24)6-9-21(14)30-18-7-8-19-20(12-18)26(2)22(25-19)13-29-17-5-3-4-15(11-17)23(27)28/h3-12H,13H2,1-2H3,(H,27,28). The highest BCUT2D eigenvalue weighted by Crippen LogP contribution is 2.28. The van der Waals surface area contributed by atoms with Gasteiger partial charge < -0.3 is 19.1 Å². The van der Waals surface area contributed by atoms with E-state index in [1.807, 2.05) is 23.7 Å². The van der Waals surface area contributed by atoms with E-state index in [-0.39, 0.29) is 18.0 Å². The van der Waals surface area contributed by atoms with Crippen molar-refractivity contribution in [2.75, 3.05) is 0 Å². The number of hydrogen-bond acceptors (Lipinski definition) is 4. The first-order chi connectivity index (χ1) is 14.4. The average molecular weight is 406 g/mol. The molecule has 0 radical (unpaired) electrons. The Bertz CT molecular complexity index is 1250. The molecule has 0 saturated carbocycles. The van der Waals surface area contributed by atoms with E-state index in [0.717, 1.165) is 11.0 Å². The average Bonchev–Trinajstić information content (AvgIpc) is 3.04. The van der Waals surface area contributed by atoms with E-state index < -0.39 is 5.97 Å². The van der Waals surface area contributed by atoms with Gasteiger partial charge in [-0.2, -0.15) is 0 Å². The van der Waals surface area contributed by atoms with Gasteiger partial charge in [0.15, 0.2) is 0 Å². The Morgan fingerprint density at radius 1 is 1.10 bits per heavy atom. The summed E-state index contributed by atoms with van der Waals surface area (Å²) in [5, 5.41) is 9.09. The third kappa shape index (κ3) is 3.96. The molecule has 0 bridgehead atoms. The zero-order chi connectivity index (χ0) is 21.3. The van der Waals surface area contributed by atoms with Crippen molar-refractivity contribution in [3.8, 4) is 17.2 Å². The summed E-state index contributed by atoms with van der Waals surface area (Å²) in [6.45, 7) is 1.97. The lowest BCUT2D eigenvalue weighted by molar-refractivity contribution is 0.0696. The SMILES string of the molecule is Cc1cc(F)ccc1Oc1ccc2nc(COc3cccc(C(=O)O)c3)n(C)c2c1. The molecule has 3 aromatic carbocycles. The van der Waals surface area contributed by atoms with Crippen LogP contribution in [0.3, 0.4) is 0 Å². The third-order valence-corrected chi connectivity index (χ3v) is 4.76. The summed E-state index contributed by atoms with van der Waals surface area (Å²) in [6, 6.07) is 16.2. The molecule has 4 rings (SSSR count). The van der Waals surface area contributed by atoms with Gasteiger partial charge in [-0.15, -0.1) is 0 Å². The minimum atomic E-state index is -1.01. The number of carbonyl (C=O) groups is 1. The zero-order valence-electron chi connectivity index (χ0n) is 16.4. The van der Waals surface area contributed by atoms with Crippen LogP contribution < -0.4 is 9.47 Å². The summed E-state index contributed by atoms with van der Waals surface area (Å²) in [6.07, 6.45) is 0. The molecule has 0 aliphatic heterocycles. The number of carboxylic acids is 1. The van der Waals surface area contributed by atoms with E-state index in [4.69, 9.17) is 14.6 Å². The van der Waals surface area contributed by atoms with Crippen molar-refractivity contribution in [3.05, 3.63) is 83.4 Å². The monoisotopic (exact) mass is 406 g/mol. The summed E-state index contributed by atoms with van der Waals surface area (Å²) < 4.78 is 26.8. The van der Waals surface area contributed by atoms with Crippen LogP contribution in [0.25, 0.3) is 11.0 Å². The van der Waals surface area contributed by atoms with Gasteiger partial charge in [0.2, 0.25) is 0 Å². The second-order valence-corrected chi connectivity index (χ2v) is 6.87. The Balaban J connectivity index is 1.55. The number of benzene rings is 3. The van der Waals surface area contributed by atoms with Gasteiger partial charge in [-0.05, 0) is 61.0 Å². The maximum atomic E-state index is 13.3. The second kappa shape index (κ2) is 7.87. The van der Waals surface area contributed by atoms with Crippen LogP contribution in [-0.2, 0) is 13.7 Å². The summed E-state index contributed by atoms with van der Waals surface area (Å²) in [4.78, 5) is 15.7. The smallest absolute Gasteiger partial charge is 0.335 e. The number of halogens is 1. The van der Waals surface area contributed by atoms with Gasteiger partial charge in [-0.3, -0.25) is 0 Å². The van der Waals surface area contributed by atoms with E-state index in [1.165, 1.54) is 24.3 Å². The first kappa shape index (κ1) is 19.4. The first-order valence-electron chi connectivity index (χ1n) is 9.26. The highest BCUT2D eigenvalue weighted by molar-refractivity contribution is 5.88. The lowest BCUT2D eigenvalue weighted by Crippen LogP contribution is -2.04. The van der Waals surface area contributed by atoms with E-state index in [1.54, 1.807) is 31.2 Å². The van der Waals surface area contributed by atoms with Crippen molar-refractivity contribution in [1.29, 1.82) is 0 Å². The lowest BCUT2D eigenvalue weighted by Gasteiger charge is -2.09. The van der Waals surface area contributed by atoms with Crippen LogP contribution in [0.2, 0.25) is 0 Å². The summed E-state index contributed by atoms with van der Waals surface area (Å²) >= 11 is 0. The van der Waals surface area contributed by atoms with Crippen molar-refractivity contribution < 1.29 is 23.8 Å². The van der Waals surface area contributed by atoms with Crippen LogP contribution in [0.15, 0.2) is 60.7 Å². The van der Waals surface area contributed by atoms with Crippen LogP contribution in [0.5, 0.6) is 17.2 Å². The van der Waals surface area contributed by atoms with Crippen molar-refractivity contribution in [1.82, 2.24) is 9.55 Å². The summed E-state index contributed by atoms with van der Waals surface area (Å²) in [5.74, 6) is 1.02. The number of nitrogens with zero attached hydrogens (tertiary/aromatic N) is 2. The number of carboxylic acid groups (broad SMARTS) is 1. The molecule has 1 heterocycles. The fourth-order valence-electron chi connectivity index (χ4n) is 3.13. The fourth-order valence-corrected chi connectivity index (χ4v) is 3.13. The summed E-state index contributed by atoms with van der Waals surface area (Å²) in [7, 11) is 1.87. The van der Waals surface area contributed by atoms with Gasteiger partial charge in [0.05, 0.1) is 16.6 Å². The third-order valence-electron chi connectivity index (χ3n) is 4.76. The van der Waals surface area contributed by atoms with Crippen LogP contribution in [-0.4, -0.2) is 20.6 Å².